The molecule has 7 aromatic rings. The molecule has 0 amide bonds. The molecule has 0 fully saturated rings. The highest BCUT2D eigenvalue weighted by molar-refractivity contribution is 6.90. The molecule has 4 nitrogen and oxygen atoms in total. The second-order valence-corrected chi connectivity index (χ2v) is 10.5. The highest BCUT2D eigenvalue weighted by Crippen LogP contribution is 2.39. The Bertz CT molecular complexity index is 2340. The molecule has 5 heteroatoms. The van der Waals surface area contributed by atoms with Crippen LogP contribution in [0, 0.1) is 0 Å². The van der Waals surface area contributed by atoms with Gasteiger partial charge in [0.1, 0.15) is 0 Å². The quantitative estimate of drug-likeness (QED) is 0.199. The summed E-state index contributed by atoms with van der Waals surface area (Å²) in [5.41, 5.74) is 7.40. The van der Waals surface area contributed by atoms with E-state index in [0.29, 0.717) is 28.7 Å². The van der Waals surface area contributed by atoms with E-state index in [1.807, 2.05) is 66.7 Å². The highest BCUT2D eigenvalue weighted by atomic mass is 15.2. The van der Waals surface area contributed by atoms with Crippen LogP contribution in [0.5, 0.6) is 0 Å². The molecule has 0 saturated carbocycles. The van der Waals surface area contributed by atoms with Gasteiger partial charge in [-0.05, 0) is 34.3 Å². The standard InChI is InChI=1S/C39H27BN4/c1-4-15-28(16-5-1)30-19-14-20-31(27-30)38-41-37(29-17-6-2-7-18-29)42-39(43-38)44-36-26-13-11-24-34(36)33-23-10-12-25-35(33)40(44)32-21-8-3-9-22-32/h1-27H/i1D,4D,5D,15D,16D. The summed E-state index contributed by atoms with van der Waals surface area (Å²) < 4.78 is 41.6. The van der Waals surface area contributed by atoms with Crippen molar-refractivity contribution in [3.05, 3.63) is 164 Å². The van der Waals surface area contributed by atoms with Crippen LogP contribution in [0.1, 0.15) is 6.85 Å². The third-order valence-electron chi connectivity index (χ3n) is 7.86. The van der Waals surface area contributed by atoms with Gasteiger partial charge in [0.25, 0.3) is 0 Å². The molecule has 0 aliphatic carbocycles. The molecule has 6 aromatic carbocycles. The second-order valence-electron chi connectivity index (χ2n) is 10.5. The van der Waals surface area contributed by atoms with Crippen molar-refractivity contribution in [1.82, 2.24) is 15.0 Å². The average Bonchev–Trinajstić information content (AvgIpc) is 3.16. The van der Waals surface area contributed by atoms with Gasteiger partial charge in [-0.2, -0.15) is 9.97 Å². The summed E-state index contributed by atoms with van der Waals surface area (Å²) in [6, 6.07) is 42.2. The van der Waals surface area contributed by atoms with E-state index in [9.17, 15) is 0 Å². The largest absolute Gasteiger partial charge is 0.345 e. The lowest BCUT2D eigenvalue weighted by Crippen LogP contribution is -2.57. The molecule has 0 unspecified atom stereocenters. The number of nitrogens with zero attached hydrogens (tertiary/aromatic N) is 4. The van der Waals surface area contributed by atoms with Gasteiger partial charge in [0.2, 0.25) is 5.95 Å². The van der Waals surface area contributed by atoms with E-state index in [0.717, 1.165) is 33.3 Å². The van der Waals surface area contributed by atoms with Crippen molar-refractivity contribution in [2.45, 2.75) is 0 Å². The van der Waals surface area contributed by atoms with E-state index < -0.39 is 6.04 Å². The number of rotatable bonds is 5. The van der Waals surface area contributed by atoms with Crippen molar-refractivity contribution in [3.8, 4) is 45.0 Å². The first-order chi connectivity index (χ1) is 23.9. The van der Waals surface area contributed by atoms with Crippen LogP contribution < -0.4 is 15.7 Å². The molecule has 0 saturated heterocycles. The molecule has 0 bridgehead atoms. The van der Waals surface area contributed by atoms with Crippen molar-refractivity contribution in [1.29, 1.82) is 0 Å². The molecule has 0 spiro atoms. The molecule has 1 aliphatic heterocycles. The van der Waals surface area contributed by atoms with Crippen LogP contribution in [-0.4, -0.2) is 21.8 Å². The first kappa shape index (κ1) is 21.0. The minimum Gasteiger partial charge on any atom is -0.345 e. The maximum atomic E-state index is 8.57. The van der Waals surface area contributed by atoms with E-state index >= 15 is 0 Å². The van der Waals surface area contributed by atoms with Crippen molar-refractivity contribution in [2.75, 3.05) is 4.81 Å². The van der Waals surface area contributed by atoms with Gasteiger partial charge < -0.3 is 4.81 Å². The minimum atomic E-state index is -0.430. The molecule has 206 valence electrons. The zero-order valence-corrected chi connectivity index (χ0v) is 23.6. The molecular formula is C39H27BN4. The molecule has 0 radical (unpaired) electrons. The van der Waals surface area contributed by atoms with Crippen LogP contribution in [0.15, 0.2) is 164 Å². The van der Waals surface area contributed by atoms with Crippen molar-refractivity contribution >= 4 is 29.4 Å². The Balaban J connectivity index is 1.37. The zero-order valence-electron chi connectivity index (χ0n) is 28.6. The topological polar surface area (TPSA) is 41.9 Å². The summed E-state index contributed by atoms with van der Waals surface area (Å²) in [6.07, 6.45) is 0. The van der Waals surface area contributed by atoms with Crippen LogP contribution in [0.25, 0.3) is 45.0 Å². The van der Waals surface area contributed by atoms with E-state index in [2.05, 4.69) is 53.3 Å². The predicted molar refractivity (Wildman–Crippen MR) is 182 cm³/mol. The fraction of sp³-hybridized carbons (Fsp3) is 0. The van der Waals surface area contributed by atoms with Gasteiger partial charge in [0.05, 0.1) is 6.85 Å². The highest BCUT2D eigenvalue weighted by Gasteiger charge is 2.38. The minimum absolute atomic E-state index is 0.121. The van der Waals surface area contributed by atoms with Gasteiger partial charge in [-0.15, -0.1) is 0 Å². The van der Waals surface area contributed by atoms with Gasteiger partial charge in [-0.25, -0.2) is 4.98 Å². The summed E-state index contributed by atoms with van der Waals surface area (Å²) in [5.74, 6) is 1.33. The number of anilines is 2. The smallest absolute Gasteiger partial charge is 0.331 e. The van der Waals surface area contributed by atoms with E-state index in [1.54, 1.807) is 18.2 Å². The second kappa shape index (κ2) is 11.1. The van der Waals surface area contributed by atoms with Crippen LogP contribution >= 0.6 is 0 Å². The fourth-order valence-electron chi connectivity index (χ4n) is 5.88. The number of fused-ring (bicyclic) bond motifs is 3. The normalized spacial score (nSPS) is 13.6. The summed E-state index contributed by atoms with van der Waals surface area (Å²) >= 11 is 0. The number of benzene rings is 6. The predicted octanol–water partition coefficient (Wildman–Crippen LogP) is 7.80. The molecule has 2 heterocycles. The summed E-state index contributed by atoms with van der Waals surface area (Å²) in [7, 11) is 0. The molecule has 8 rings (SSSR count). The van der Waals surface area contributed by atoms with Gasteiger partial charge in [0, 0.05) is 22.4 Å². The zero-order chi connectivity index (χ0) is 33.6. The van der Waals surface area contributed by atoms with Crippen LogP contribution in [0.3, 0.4) is 0 Å². The van der Waals surface area contributed by atoms with Crippen LogP contribution in [0.4, 0.5) is 11.6 Å². The Morgan fingerprint density at radius 1 is 0.500 bits per heavy atom. The van der Waals surface area contributed by atoms with Gasteiger partial charge >= 0.3 is 6.85 Å². The number of hydrogen-bond acceptors (Lipinski definition) is 4. The van der Waals surface area contributed by atoms with Gasteiger partial charge in [-0.3, -0.25) is 0 Å². The summed E-state index contributed by atoms with van der Waals surface area (Å²) in [6.45, 7) is -0.247. The Kier molecular flexibility index (Phi) is 5.30. The van der Waals surface area contributed by atoms with Crippen molar-refractivity contribution in [3.63, 3.8) is 0 Å². The molecule has 0 N–H and O–H groups in total. The maximum Gasteiger partial charge on any atom is 0.331 e. The molecule has 1 aliphatic rings. The first-order valence-corrected chi connectivity index (χ1v) is 14.4. The Hall–Kier alpha value is -5.81. The third kappa shape index (κ3) is 4.65. The number of hydrogen-bond donors (Lipinski definition) is 0. The lowest BCUT2D eigenvalue weighted by Gasteiger charge is -2.37. The molecule has 1 aromatic heterocycles. The maximum absolute atomic E-state index is 8.57. The lowest BCUT2D eigenvalue weighted by atomic mass is 9.46. The van der Waals surface area contributed by atoms with Crippen molar-refractivity contribution in [2.24, 2.45) is 0 Å². The number of para-hydroxylation sites is 1. The van der Waals surface area contributed by atoms with Gasteiger partial charge in [-0.1, -0.05) is 157 Å². The Morgan fingerprint density at radius 2 is 1.11 bits per heavy atom. The average molecular weight is 568 g/mol. The van der Waals surface area contributed by atoms with E-state index in [-0.39, 0.29) is 36.6 Å². The molecule has 0 atom stereocenters. The number of aromatic nitrogens is 3. The van der Waals surface area contributed by atoms with Crippen LogP contribution in [0.2, 0.25) is 0 Å². The summed E-state index contributed by atoms with van der Waals surface area (Å²) in [4.78, 5) is 17.4. The molecular weight excluding hydrogens is 535 g/mol. The summed E-state index contributed by atoms with van der Waals surface area (Å²) in [5, 5.41) is 0. The van der Waals surface area contributed by atoms with Gasteiger partial charge in [0.15, 0.2) is 11.6 Å². The molecule has 44 heavy (non-hydrogen) atoms. The fourth-order valence-corrected chi connectivity index (χ4v) is 5.88. The van der Waals surface area contributed by atoms with Crippen molar-refractivity contribution < 1.29 is 6.85 Å². The SMILES string of the molecule is [2H]c1c([2H])c([2H])c(-c2cccc(-c3nc(-c4ccccc4)nc(N4B(c5ccccc5)c5ccccc5-c5ccccc54)n3)c2)c([2H])c1[2H]. The first-order valence-electron chi connectivity index (χ1n) is 16.9. The Labute approximate surface area is 264 Å². The van der Waals surface area contributed by atoms with E-state index in [4.69, 9.17) is 21.8 Å². The Morgan fingerprint density at radius 3 is 1.91 bits per heavy atom. The third-order valence-corrected chi connectivity index (χ3v) is 7.86. The van der Waals surface area contributed by atoms with Crippen LogP contribution in [-0.2, 0) is 0 Å². The van der Waals surface area contributed by atoms with E-state index in [1.165, 1.54) is 0 Å². The lowest BCUT2D eigenvalue weighted by molar-refractivity contribution is 1.04. The monoisotopic (exact) mass is 567 g/mol.